The van der Waals surface area contributed by atoms with Crippen molar-refractivity contribution in [3.8, 4) is 18.1 Å². The van der Waals surface area contributed by atoms with Gasteiger partial charge in [-0.1, -0.05) is 12.0 Å². The van der Waals surface area contributed by atoms with Gasteiger partial charge in [-0.05, 0) is 12.1 Å². The SMILES string of the molecule is C#CCN1C(=O)C(F)(F)Oc2cccc(F)c21. The number of alkyl halides is 2. The molecule has 1 aliphatic rings. The van der Waals surface area contributed by atoms with Crippen molar-refractivity contribution in [2.45, 2.75) is 6.11 Å². The van der Waals surface area contributed by atoms with Crippen LogP contribution in [0.5, 0.6) is 5.75 Å². The second-order valence-corrected chi connectivity index (χ2v) is 3.30. The molecular formula is C11H6F3NO2. The predicted octanol–water partition coefficient (Wildman–Crippen LogP) is 1.78. The molecule has 3 nitrogen and oxygen atoms in total. The minimum absolute atomic E-state index is 0.360. The van der Waals surface area contributed by atoms with E-state index in [4.69, 9.17) is 6.42 Å². The lowest BCUT2D eigenvalue weighted by Crippen LogP contribution is -2.51. The van der Waals surface area contributed by atoms with Crippen molar-refractivity contribution in [3.05, 3.63) is 24.0 Å². The molecule has 17 heavy (non-hydrogen) atoms. The van der Waals surface area contributed by atoms with Gasteiger partial charge in [0, 0.05) is 0 Å². The van der Waals surface area contributed by atoms with Gasteiger partial charge in [-0.3, -0.25) is 9.69 Å². The highest BCUT2D eigenvalue weighted by Crippen LogP contribution is 2.40. The van der Waals surface area contributed by atoms with E-state index >= 15 is 0 Å². The molecule has 0 bridgehead atoms. The lowest BCUT2D eigenvalue weighted by atomic mass is 10.2. The third-order valence-electron chi connectivity index (χ3n) is 2.20. The first-order valence-corrected chi connectivity index (χ1v) is 4.58. The number of carbonyl (C=O) groups excluding carboxylic acids is 1. The Kier molecular flexibility index (Phi) is 2.46. The molecular weight excluding hydrogens is 235 g/mol. The van der Waals surface area contributed by atoms with Crippen LogP contribution in [0.25, 0.3) is 0 Å². The molecule has 1 aliphatic heterocycles. The quantitative estimate of drug-likeness (QED) is 0.701. The van der Waals surface area contributed by atoms with Crippen molar-refractivity contribution in [2.24, 2.45) is 0 Å². The Morgan fingerprint density at radius 3 is 2.82 bits per heavy atom. The van der Waals surface area contributed by atoms with E-state index < -0.39 is 30.1 Å². The second kappa shape index (κ2) is 3.70. The standard InChI is InChI=1S/C11H6F3NO2/c1-2-6-15-9-7(12)4-3-5-8(9)17-11(13,14)10(15)16/h1,3-5H,6H2. The highest BCUT2D eigenvalue weighted by Gasteiger charge is 2.51. The number of halogens is 3. The molecule has 0 aliphatic carbocycles. The summed E-state index contributed by atoms with van der Waals surface area (Å²) in [6.45, 7) is -0.453. The van der Waals surface area contributed by atoms with E-state index in [1.165, 1.54) is 6.07 Å². The van der Waals surface area contributed by atoms with Crippen molar-refractivity contribution in [2.75, 3.05) is 11.4 Å². The fourth-order valence-electron chi connectivity index (χ4n) is 1.52. The summed E-state index contributed by atoms with van der Waals surface area (Å²) in [5, 5.41) is 0. The number of amides is 1. The number of hydrogen-bond acceptors (Lipinski definition) is 2. The number of para-hydroxylation sites is 1. The van der Waals surface area contributed by atoms with Gasteiger partial charge in [-0.25, -0.2) is 4.39 Å². The zero-order valence-electron chi connectivity index (χ0n) is 8.41. The van der Waals surface area contributed by atoms with E-state index in [-0.39, 0.29) is 5.69 Å². The molecule has 88 valence electrons. The van der Waals surface area contributed by atoms with Crippen molar-refractivity contribution >= 4 is 11.6 Å². The Balaban J connectivity index is 2.60. The molecule has 0 N–H and O–H groups in total. The van der Waals surface area contributed by atoms with Crippen LogP contribution < -0.4 is 9.64 Å². The van der Waals surface area contributed by atoms with Gasteiger partial charge in [0.05, 0.1) is 6.54 Å². The zero-order chi connectivity index (χ0) is 12.6. The molecule has 0 fully saturated rings. The Morgan fingerprint density at radius 1 is 1.47 bits per heavy atom. The van der Waals surface area contributed by atoms with Gasteiger partial charge >= 0.3 is 12.0 Å². The topological polar surface area (TPSA) is 29.5 Å². The predicted molar refractivity (Wildman–Crippen MR) is 53.2 cm³/mol. The molecule has 1 aromatic carbocycles. The largest absolute Gasteiger partial charge is 0.483 e. The van der Waals surface area contributed by atoms with Crippen LogP contribution in [0.15, 0.2) is 18.2 Å². The number of nitrogens with zero attached hydrogens (tertiary/aromatic N) is 1. The number of hydrogen-bond donors (Lipinski definition) is 0. The molecule has 2 rings (SSSR count). The molecule has 1 heterocycles. The molecule has 1 amide bonds. The summed E-state index contributed by atoms with van der Waals surface area (Å²) in [5.41, 5.74) is -0.360. The first kappa shape index (κ1) is 11.3. The van der Waals surface area contributed by atoms with E-state index in [0.29, 0.717) is 4.90 Å². The number of benzene rings is 1. The molecule has 6 heteroatoms. The summed E-state index contributed by atoms with van der Waals surface area (Å²) in [6.07, 6.45) is 0.935. The summed E-state index contributed by atoms with van der Waals surface area (Å²) in [6, 6.07) is 3.37. The van der Waals surface area contributed by atoms with Gasteiger partial charge < -0.3 is 4.74 Å². The van der Waals surface area contributed by atoms with Crippen LogP contribution in [0.2, 0.25) is 0 Å². The highest BCUT2D eigenvalue weighted by atomic mass is 19.3. The number of anilines is 1. The number of rotatable bonds is 1. The smallest absolute Gasteiger partial charge is 0.423 e. The van der Waals surface area contributed by atoms with Crippen LogP contribution in [-0.2, 0) is 4.79 Å². The second-order valence-electron chi connectivity index (χ2n) is 3.30. The van der Waals surface area contributed by atoms with Crippen molar-refractivity contribution in [1.82, 2.24) is 0 Å². The normalized spacial score (nSPS) is 17.1. The van der Waals surface area contributed by atoms with E-state index in [0.717, 1.165) is 12.1 Å². The van der Waals surface area contributed by atoms with Crippen LogP contribution in [0.3, 0.4) is 0 Å². The Hall–Kier alpha value is -2.16. The average Bonchev–Trinajstić information content (AvgIpc) is 2.24. The third kappa shape index (κ3) is 1.69. The lowest BCUT2D eigenvalue weighted by Gasteiger charge is -2.32. The zero-order valence-corrected chi connectivity index (χ0v) is 8.41. The molecule has 0 saturated carbocycles. The van der Waals surface area contributed by atoms with Gasteiger partial charge in [0.25, 0.3) is 0 Å². The maximum absolute atomic E-state index is 13.5. The summed E-state index contributed by atoms with van der Waals surface area (Å²) in [7, 11) is 0. The van der Waals surface area contributed by atoms with E-state index in [1.54, 1.807) is 0 Å². The van der Waals surface area contributed by atoms with Crippen LogP contribution in [-0.4, -0.2) is 18.6 Å². The highest BCUT2D eigenvalue weighted by molar-refractivity contribution is 6.01. The first-order valence-electron chi connectivity index (χ1n) is 4.58. The number of carbonyl (C=O) groups is 1. The summed E-state index contributed by atoms with van der Waals surface area (Å²) < 4.78 is 44.0. The van der Waals surface area contributed by atoms with Crippen LogP contribution >= 0.6 is 0 Å². The minimum Gasteiger partial charge on any atom is -0.423 e. The Labute approximate surface area is 94.8 Å². The summed E-state index contributed by atoms with van der Waals surface area (Å²) in [4.78, 5) is 11.8. The monoisotopic (exact) mass is 241 g/mol. The molecule has 0 aromatic heterocycles. The maximum Gasteiger partial charge on any atom is 0.483 e. The van der Waals surface area contributed by atoms with E-state index in [1.807, 2.05) is 5.92 Å². The third-order valence-corrected chi connectivity index (χ3v) is 2.20. The van der Waals surface area contributed by atoms with Gasteiger partial charge in [-0.2, -0.15) is 8.78 Å². The fraction of sp³-hybridized carbons (Fsp3) is 0.182. The van der Waals surface area contributed by atoms with Crippen molar-refractivity contribution in [3.63, 3.8) is 0 Å². The first-order chi connectivity index (χ1) is 7.97. The Morgan fingerprint density at radius 2 is 2.18 bits per heavy atom. The number of fused-ring (bicyclic) bond motifs is 1. The summed E-state index contributed by atoms with van der Waals surface area (Å²) in [5.74, 6) is -0.908. The molecule has 0 atom stereocenters. The van der Waals surface area contributed by atoms with E-state index in [2.05, 4.69) is 4.74 Å². The fourth-order valence-corrected chi connectivity index (χ4v) is 1.52. The van der Waals surface area contributed by atoms with Crippen LogP contribution in [0, 0.1) is 18.2 Å². The van der Waals surface area contributed by atoms with Gasteiger partial charge in [0.15, 0.2) is 11.6 Å². The van der Waals surface area contributed by atoms with Gasteiger partial charge in [0.1, 0.15) is 5.69 Å². The lowest BCUT2D eigenvalue weighted by molar-refractivity contribution is -0.192. The van der Waals surface area contributed by atoms with Crippen molar-refractivity contribution in [1.29, 1.82) is 0 Å². The van der Waals surface area contributed by atoms with Crippen LogP contribution in [0.1, 0.15) is 0 Å². The minimum atomic E-state index is -4.03. The summed E-state index contributed by atoms with van der Waals surface area (Å²) >= 11 is 0. The van der Waals surface area contributed by atoms with Gasteiger partial charge in [0.2, 0.25) is 0 Å². The average molecular weight is 241 g/mol. The number of terminal acetylenes is 1. The molecule has 0 spiro atoms. The maximum atomic E-state index is 13.5. The van der Waals surface area contributed by atoms with E-state index in [9.17, 15) is 18.0 Å². The molecule has 0 radical (unpaired) electrons. The van der Waals surface area contributed by atoms with Crippen molar-refractivity contribution < 1.29 is 22.7 Å². The molecule has 0 saturated heterocycles. The molecule has 1 aromatic rings. The van der Waals surface area contributed by atoms with Crippen LogP contribution in [0.4, 0.5) is 18.9 Å². The molecule has 0 unspecified atom stereocenters. The van der Waals surface area contributed by atoms with Gasteiger partial charge in [-0.15, -0.1) is 6.42 Å². The Bertz CT molecular complexity index is 522. The number of ether oxygens (including phenoxy) is 1.